The first kappa shape index (κ1) is 14.7. The average Bonchev–Trinajstić information content (AvgIpc) is 2.24. The van der Waals surface area contributed by atoms with E-state index in [1.807, 2.05) is 12.1 Å². The highest BCUT2D eigenvalue weighted by atomic mass is 32.2. The molecule has 100 valence electrons. The van der Waals surface area contributed by atoms with E-state index in [9.17, 15) is 13.2 Å². The molecule has 1 aromatic carbocycles. The second-order valence-electron chi connectivity index (χ2n) is 4.04. The van der Waals surface area contributed by atoms with Gasteiger partial charge in [-0.05, 0) is 24.6 Å². The molecule has 0 aliphatic rings. The van der Waals surface area contributed by atoms with Crippen LogP contribution in [0.2, 0.25) is 0 Å². The summed E-state index contributed by atoms with van der Waals surface area (Å²) >= 11 is 0. The van der Waals surface area contributed by atoms with Crippen molar-refractivity contribution in [2.45, 2.75) is 13.3 Å². The Labute approximate surface area is 107 Å². The lowest BCUT2D eigenvalue weighted by Crippen LogP contribution is -2.26. The van der Waals surface area contributed by atoms with Gasteiger partial charge in [-0.15, -0.1) is 0 Å². The maximum absolute atomic E-state index is 10.9. The van der Waals surface area contributed by atoms with E-state index in [2.05, 4.69) is 4.72 Å². The number of hydrogen-bond acceptors (Lipinski definition) is 4. The Morgan fingerprint density at radius 1 is 1.28 bits per heavy atom. The van der Waals surface area contributed by atoms with Crippen molar-refractivity contribution >= 4 is 15.8 Å². The van der Waals surface area contributed by atoms with Gasteiger partial charge in [0.2, 0.25) is 10.0 Å². The molecular formula is C12H17NO4S. The monoisotopic (exact) mass is 271 g/mol. The van der Waals surface area contributed by atoms with Crippen LogP contribution in [-0.4, -0.2) is 33.6 Å². The van der Waals surface area contributed by atoms with E-state index >= 15 is 0 Å². The van der Waals surface area contributed by atoms with Crippen molar-refractivity contribution in [2.24, 2.45) is 0 Å². The number of benzene rings is 1. The average molecular weight is 271 g/mol. The van der Waals surface area contributed by atoms with Crippen LogP contribution in [-0.2, 0) is 21.2 Å². The molecule has 0 saturated carbocycles. The number of ether oxygens (including phenoxy) is 1. The zero-order valence-electron chi connectivity index (χ0n) is 10.5. The molecule has 0 aromatic heterocycles. The molecule has 0 radical (unpaired) electrons. The normalized spacial score (nSPS) is 11.2. The van der Waals surface area contributed by atoms with Crippen LogP contribution in [0.15, 0.2) is 24.3 Å². The van der Waals surface area contributed by atoms with Crippen LogP contribution in [0.25, 0.3) is 0 Å². The molecule has 0 amide bonds. The number of sulfonamides is 1. The van der Waals surface area contributed by atoms with Crippen LogP contribution < -0.4 is 9.46 Å². The molecule has 0 heterocycles. The van der Waals surface area contributed by atoms with Gasteiger partial charge < -0.3 is 4.74 Å². The van der Waals surface area contributed by atoms with Gasteiger partial charge in [-0.3, -0.25) is 4.79 Å². The lowest BCUT2D eigenvalue weighted by molar-refractivity contribution is -0.116. The SMILES string of the molecule is CC(=O)Cc1ccc(OCCNS(C)(=O)=O)cc1. The molecule has 0 spiro atoms. The van der Waals surface area contributed by atoms with E-state index in [1.54, 1.807) is 19.1 Å². The minimum atomic E-state index is -3.17. The molecule has 1 rings (SSSR count). The van der Waals surface area contributed by atoms with Gasteiger partial charge in [0, 0.05) is 13.0 Å². The summed E-state index contributed by atoms with van der Waals surface area (Å²) in [7, 11) is -3.17. The lowest BCUT2D eigenvalue weighted by Gasteiger charge is -2.07. The smallest absolute Gasteiger partial charge is 0.208 e. The van der Waals surface area contributed by atoms with Crippen molar-refractivity contribution in [2.75, 3.05) is 19.4 Å². The number of nitrogens with one attached hydrogen (secondary N) is 1. The summed E-state index contributed by atoms with van der Waals surface area (Å²) in [6.45, 7) is 2.04. The third-order valence-electron chi connectivity index (χ3n) is 2.11. The van der Waals surface area contributed by atoms with E-state index in [-0.39, 0.29) is 18.9 Å². The van der Waals surface area contributed by atoms with Gasteiger partial charge in [-0.25, -0.2) is 13.1 Å². The molecule has 0 bridgehead atoms. The first-order chi connectivity index (χ1) is 8.37. The standard InChI is InChI=1S/C12H17NO4S/c1-10(14)9-11-3-5-12(6-4-11)17-8-7-13-18(2,15)16/h3-6,13H,7-9H2,1-2H3. The molecular weight excluding hydrogens is 254 g/mol. The fourth-order valence-corrected chi connectivity index (χ4v) is 1.84. The van der Waals surface area contributed by atoms with E-state index in [0.717, 1.165) is 11.8 Å². The van der Waals surface area contributed by atoms with Crippen LogP contribution >= 0.6 is 0 Å². The van der Waals surface area contributed by atoms with Crippen molar-refractivity contribution in [1.82, 2.24) is 4.72 Å². The van der Waals surface area contributed by atoms with Crippen LogP contribution in [0.5, 0.6) is 5.75 Å². The van der Waals surface area contributed by atoms with Crippen molar-refractivity contribution in [3.63, 3.8) is 0 Å². The van der Waals surface area contributed by atoms with Crippen molar-refractivity contribution < 1.29 is 17.9 Å². The molecule has 18 heavy (non-hydrogen) atoms. The van der Waals surface area contributed by atoms with Crippen LogP contribution in [0.1, 0.15) is 12.5 Å². The molecule has 0 atom stereocenters. The summed E-state index contributed by atoms with van der Waals surface area (Å²) in [5.74, 6) is 0.763. The Bertz CT molecular complexity index is 493. The van der Waals surface area contributed by atoms with E-state index < -0.39 is 10.0 Å². The zero-order chi connectivity index (χ0) is 13.6. The molecule has 0 saturated heterocycles. The van der Waals surface area contributed by atoms with Crippen molar-refractivity contribution in [3.8, 4) is 5.75 Å². The highest BCUT2D eigenvalue weighted by molar-refractivity contribution is 7.88. The molecule has 6 heteroatoms. The molecule has 0 aliphatic heterocycles. The second kappa shape index (κ2) is 6.51. The summed E-state index contributed by atoms with van der Waals surface area (Å²) in [5, 5.41) is 0. The predicted octanol–water partition coefficient (Wildman–Crippen LogP) is 0.746. The minimum absolute atomic E-state index is 0.112. The predicted molar refractivity (Wildman–Crippen MR) is 69.2 cm³/mol. The first-order valence-corrected chi connectivity index (χ1v) is 7.42. The van der Waals surface area contributed by atoms with E-state index in [0.29, 0.717) is 12.2 Å². The Kier molecular flexibility index (Phi) is 5.30. The minimum Gasteiger partial charge on any atom is -0.492 e. The highest BCUT2D eigenvalue weighted by Gasteiger charge is 2.01. The number of carbonyl (C=O) groups excluding carboxylic acids is 1. The maximum Gasteiger partial charge on any atom is 0.208 e. The first-order valence-electron chi connectivity index (χ1n) is 5.52. The molecule has 0 aliphatic carbocycles. The van der Waals surface area contributed by atoms with Crippen molar-refractivity contribution in [3.05, 3.63) is 29.8 Å². The van der Waals surface area contributed by atoms with Gasteiger partial charge >= 0.3 is 0 Å². The Morgan fingerprint density at radius 3 is 2.39 bits per heavy atom. The Morgan fingerprint density at radius 2 is 1.89 bits per heavy atom. The lowest BCUT2D eigenvalue weighted by atomic mass is 10.1. The third kappa shape index (κ3) is 6.36. The number of Topliss-reactive ketones (excluding diaryl/α,β-unsaturated/α-hetero) is 1. The number of rotatable bonds is 7. The van der Waals surface area contributed by atoms with Gasteiger partial charge in [-0.2, -0.15) is 0 Å². The van der Waals surface area contributed by atoms with Crippen LogP contribution in [0.4, 0.5) is 0 Å². The zero-order valence-corrected chi connectivity index (χ0v) is 11.3. The summed E-state index contributed by atoms with van der Waals surface area (Å²) in [6, 6.07) is 7.17. The molecule has 0 unspecified atom stereocenters. The van der Waals surface area contributed by atoms with Gasteiger partial charge in [0.05, 0.1) is 6.26 Å². The summed E-state index contributed by atoms with van der Waals surface area (Å²) < 4.78 is 29.3. The third-order valence-corrected chi connectivity index (χ3v) is 2.84. The number of ketones is 1. The molecule has 1 aromatic rings. The Hall–Kier alpha value is -1.40. The van der Waals surface area contributed by atoms with Gasteiger partial charge in [0.25, 0.3) is 0 Å². The summed E-state index contributed by atoms with van der Waals surface area (Å²) in [5.41, 5.74) is 0.934. The van der Waals surface area contributed by atoms with E-state index in [1.165, 1.54) is 0 Å². The summed E-state index contributed by atoms with van der Waals surface area (Å²) in [6.07, 6.45) is 1.51. The van der Waals surface area contributed by atoms with Crippen LogP contribution in [0.3, 0.4) is 0 Å². The van der Waals surface area contributed by atoms with Gasteiger partial charge in [0.1, 0.15) is 18.1 Å². The summed E-state index contributed by atoms with van der Waals surface area (Å²) in [4.78, 5) is 10.9. The second-order valence-corrected chi connectivity index (χ2v) is 5.87. The molecule has 0 fully saturated rings. The maximum atomic E-state index is 10.9. The molecule has 1 N–H and O–H groups in total. The fraction of sp³-hybridized carbons (Fsp3) is 0.417. The largest absolute Gasteiger partial charge is 0.492 e. The highest BCUT2D eigenvalue weighted by Crippen LogP contribution is 2.12. The topological polar surface area (TPSA) is 72.5 Å². The number of carbonyl (C=O) groups is 1. The fourth-order valence-electron chi connectivity index (χ4n) is 1.39. The van der Waals surface area contributed by atoms with Crippen LogP contribution in [0, 0.1) is 0 Å². The van der Waals surface area contributed by atoms with Gasteiger partial charge in [0.15, 0.2) is 0 Å². The Balaban J connectivity index is 2.37. The molecule has 5 nitrogen and oxygen atoms in total. The van der Waals surface area contributed by atoms with E-state index in [4.69, 9.17) is 4.74 Å². The van der Waals surface area contributed by atoms with Gasteiger partial charge in [-0.1, -0.05) is 12.1 Å². The number of hydrogen-bond donors (Lipinski definition) is 1. The quantitative estimate of drug-likeness (QED) is 0.743. The van der Waals surface area contributed by atoms with Crippen molar-refractivity contribution in [1.29, 1.82) is 0 Å².